The number of benzene rings is 1. The maximum Gasteiger partial charge on any atom is 0.272 e. The SMILES string of the molecule is COCCCNC(=O)CCCn1c(=S)[nH]c2c(sc3ccccc32)c1=O. The number of rotatable bonds is 8. The fourth-order valence-corrected chi connectivity index (χ4v) is 4.23. The predicted molar refractivity (Wildman–Crippen MR) is 108 cm³/mol. The van der Waals surface area contributed by atoms with Crippen molar-refractivity contribution in [1.82, 2.24) is 14.9 Å². The van der Waals surface area contributed by atoms with Gasteiger partial charge in [0.25, 0.3) is 5.56 Å². The molecule has 1 aromatic carbocycles. The molecule has 0 aliphatic carbocycles. The number of nitrogens with zero attached hydrogens (tertiary/aromatic N) is 1. The van der Waals surface area contributed by atoms with Gasteiger partial charge in [-0.2, -0.15) is 0 Å². The number of H-pyrrole nitrogens is 1. The number of aromatic amines is 1. The molecule has 0 unspecified atom stereocenters. The van der Waals surface area contributed by atoms with Crippen LogP contribution in [0.25, 0.3) is 20.3 Å². The second-order valence-corrected chi connectivity index (χ2v) is 7.43. The maximum atomic E-state index is 12.8. The molecule has 0 saturated carbocycles. The molecule has 138 valence electrons. The van der Waals surface area contributed by atoms with Crippen LogP contribution in [-0.2, 0) is 16.1 Å². The summed E-state index contributed by atoms with van der Waals surface area (Å²) in [6, 6.07) is 7.88. The number of ether oxygens (including phenoxy) is 1. The fourth-order valence-electron chi connectivity index (χ4n) is 2.84. The largest absolute Gasteiger partial charge is 0.385 e. The predicted octanol–water partition coefficient (Wildman–Crippen LogP) is 3.21. The van der Waals surface area contributed by atoms with E-state index in [0.717, 1.165) is 22.0 Å². The van der Waals surface area contributed by atoms with Crippen LogP contribution in [0.2, 0.25) is 0 Å². The Labute approximate surface area is 159 Å². The Hall–Kier alpha value is -2.03. The lowest BCUT2D eigenvalue weighted by molar-refractivity contribution is -0.121. The minimum absolute atomic E-state index is 0.0213. The molecule has 2 N–H and O–H groups in total. The zero-order valence-corrected chi connectivity index (χ0v) is 16.2. The molecule has 8 heteroatoms. The van der Waals surface area contributed by atoms with Crippen molar-refractivity contribution >= 4 is 49.8 Å². The molecule has 3 aromatic rings. The van der Waals surface area contributed by atoms with Crippen molar-refractivity contribution in [2.24, 2.45) is 0 Å². The number of hydrogen-bond donors (Lipinski definition) is 2. The van der Waals surface area contributed by atoms with Gasteiger partial charge in [0.05, 0.1) is 5.52 Å². The van der Waals surface area contributed by atoms with E-state index in [4.69, 9.17) is 17.0 Å². The first-order chi connectivity index (χ1) is 12.6. The van der Waals surface area contributed by atoms with E-state index < -0.39 is 0 Å². The minimum atomic E-state index is -0.0922. The Balaban J connectivity index is 1.71. The zero-order valence-electron chi connectivity index (χ0n) is 14.5. The van der Waals surface area contributed by atoms with Crippen molar-refractivity contribution in [3.8, 4) is 0 Å². The topological polar surface area (TPSA) is 76.1 Å². The van der Waals surface area contributed by atoms with E-state index in [2.05, 4.69) is 10.3 Å². The first-order valence-electron chi connectivity index (χ1n) is 8.52. The number of nitrogens with one attached hydrogen (secondary N) is 2. The summed E-state index contributed by atoms with van der Waals surface area (Å²) in [5.41, 5.74) is 0.707. The molecule has 0 fully saturated rings. The van der Waals surface area contributed by atoms with E-state index in [1.54, 1.807) is 11.7 Å². The minimum Gasteiger partial charge on any atom is -0.385 e. The van der Waals surface area contributed by atoms with Gasteiger partial charge in [-0.1, -0.05) is 18.2 Å². The molecule has 3 rings (SSSR count). The van der Waals surface area contributed by atoms with E-state index in [1.165, 1.54) is 11.3 Å². The fraction of sp³-hybridized carbons (Fsp3) is 0.389. The van der Waals surface area contributed by atoms with E-state index in [0.29, 0.717) is 42.0 Å². The summed E-state index contributed by atoms with van der Waals surface area (Å²) in [6.45, 7) is 1.64. The molecule has 0 spiro atoms. The van der Waals surface area contributed by atoms with Gasteiger partial charge >= 0.3 is 0 Å². The Morgan fingerprint density at radius 2 is 2.15 bits per heavy atom. The van der Waals surface area contributed by atoms with Gasteiger partial charge in [-0.3, -0.25) is 14.2 Å². The number of hydrogen-bond acceptors (Lipinski definition) is 5. The molecule has 1 amide bonds. The number of carbonyl (C=O) groups is 1. The second kappa shape index (κ2) is 8.57. The van der Waals surface area contributed by atoms with Crippen LogP contribution in [0.1, 0.15) is 19.3 Å². The van der Waals surface area contributed by atoms with Gasteiger partial charge in [-0.05, 0) is 31.1 Å². The lowest BCUT2D eigenvalue weighted by Gasteiger charge is -2.07. The molecule has 2 aromatic heterocycles. The summed E-state index contributed by atoms with van der Waals surface area (Å²) < 4.78 is 8.61. The highest BCUT2D eigenvalue weighted by molar-refractivity contribution is 7.71. The van der Waals surface area contributed by atoms with Gasteiger partial charge in [-0.15, -0.1) is 11.3 Å². The van der Waals surface area contributed by atoms with Gasteiger partial charge in [-0.25, -0.2) is 0 Å². The number of fused-ring (bicyclic) bond motifs is 3. The van der Waals surface area contributed by atoms with Crippen LogP contribution in [0.3, 0.4) is 0 Å². The Morgan fingerprint density at radius 1 is 1.35 bits per heavy atom. The van der Waals surface area contributed by atoms with Gasteiger partial charge in [0.1, 0.15) is 4.70 Å². The van der Waals surface area contributed by atoms with Crippen molar-refractivity contribution in [2.45, 2.75) is 25.8 Å². The maximum absolute atomic E-state index is 12.8. The molecular weight excluding hydrogens is 370 g/mol. The number of thiophene rings is 1. The molecule has 26 heavy (non-hydrogen) atoms. The molecule has 6 nitrogen and oxygen atoms in total. The smallest absolute Gasteiger partial charge is 0.272 e. The molecule has 0 aliphatic rings. The lowest BCUT2D eigenvalue weighted by Crippen LogP contribution is -2.26. The second-order valence-electron chi connectivity index (χ2n) is 5.99. The third kappa shape index (κ3) is 4.03. The molecule has 0 saturated heterocycles. The summed E-state index contributed by atoms with van der Waals surface area (Å²) >= 11 is 6.84. The molecule has 0 aliphatic heterocycles. The van der Waals surface area contributed by atoms with Crippen LogP contribution in [-0.4, -0.2) is 35.7 Å². The number of methoxy groups -OCH3 is 1. The normalized spacial score (nSPS) is 11.3. The Kier molecular flexibility index (Phi) is 6.18. The number of carbonyl (C=O) groups excluding carboxylic acids is 1. The van der Waals surface area contributed by atoms with Crippen molar-refractivity contribution < 1.29 is 9.53 Å². The third-order valence-electron chi connectivity index (χ3n) is 4.14. The first-order valence-corrected chi connectivity index (χ1v) is 9.74. The van der Waals surface area contributed by atoms with E-state index in [-0.39, 0.29) is 11.5 Å². The van der Waals surface area contributed by atoms with E-state index in [9.17, 15) is 9.59 Å². The van der Waals surface area contributed by atoms with Crippen LogP contribution in [0.15, 0.2) is 29.1 Å². The Morgan fingerprint density at radius 3 is 2.96 bits per heavy atom. The first kappa shape index (κ1) is 18.8. The molecule has 0 bridgehead atoms. The van der Waals surface area contributed by atoms with Crippen molar-refractivity contribution in [2.75, 3.05) is 20.3 Å². The highest BCUT2D eigenvalue weighted by Crippen LogP contribution is 2.29. The molecule has 0 radical (unpaired) electrons. The summed E-state index contributed by atoms with van der Waals surface area (Å²) in [4.78, 5) is 27.8. The zero-order chi connectivity index (χ0) is 18.5. The van der Waals surface area contributed by atoms with Gasteiger partial charge in [0.2, 0.25) is 5.91 Å². The number of aromatic nitrogens is 2. The summed E-state index contributed by atoms with van der Waals surface area (Å²) in [7, 11) is 1.64. The molecular formula is C18H21N3O3S2. The monoisotopic (exact) mass is 391 g/mol. The van der Waals surface area contributed by atoms with Crippen molar-refractivity contribution in [1.29, 1.82) is 0 Å². The van der Waals surface area contributed by atoms with Gasteiger partial charge in [0, 0.05) is 43.3 Å². The van der Waals surface area contributed by atoms with Crippen molar-refractivity contribution in [3.05, 3.63) is 39.4 Å². The molecule has 0 atom stereocenters. The van der Waals surface area contributed by atoms with Gasteiger partial charge in [0.15, 0.2) is 4.77 Å². The van der Waals surface area contributed by atoms with Crippen LogP contribution in [0.5, 0.6) is 0 Å². The standard InChI is InChI=1S/C18H21N3O3S2/c1-24-11-5-9-19-14(22)8-4-10-21-17(23)16-15(20-18(21)25)12-6-2-3-7-13(12)26-16/h2-3,6-7H,4-5,8-11H2,1H3,(H,19,22)(H,20,25). The van der Waals surface area contributed by atoms with Crippen LogP contribution < -0.4 is 10.9 Å². The summed E-state index contributed by atoms with van der Waals surface area (Å²) in [5.74, 6) is -0.0213. The lowest BCUT2D eigenvalue weighted by atomic mass is 10.2. The summed E-state index contributed by atoms with van der Waals surface area (Å²) in [6.07, 6.45) is 1.71. The summed E-state index contributed by atoms with van der Waals surface area (Å²) in [5, 5.41) is 3.85. The van der Waals surface area contributed by atoms with E-state index >= 15 is 0 Å². The third-order valence-corrected chi connectivity index (χ3v) is 5.63. The molecule has 2 heterocycles. The quantitative estimate of drug-likeness (QED) is 0.457. The average Bonchev–Trinajstić information content (AvgIpc) is 3.00. The number of amides is 1. The highest BCUT2D eigenvalue weighted by Gasteiger charge is 2.12. The van der Waals surface area contributed by atoms with Crippen LogP contribution in [0, 0.1) is 4.77 Å². The highest BCUT2D eigenvalue weighted by atomic mass is 32.1. The van der Waals surface area contributed by atoms with Crippen LogP contribution in [0.4, 0.5) is 0 Å². The van der Waals surface area contributed by atoms with Crippen molar-refractivity contribution in [3.63, 3.8) is 0 Å². The average molecular weight is 392 g/mol. The Bertz CT molecular complexity index is 1040. The van der Waals surface area contributed by atoms with Gasteiger partial charge < -0.3 is 15.0 Å². The van der Waals surface area contributed by atoms with E-state index in [1.807, 2.05) is 24.3 Å². The van der Waals surface area contributed by atoms with Crippen LogP contribution >= 0.6 is 23.6 Å².